The normalized spacial score (nSPS) is 23.2. The third-order valence-electron chi connectivity index (χ3n) is 4.22. The third kappa shape index (κ3) is 3.45. The van der Waals surface area contributed by atoms with Crippen LogP contribution >= 0.6 is 0 Å². The molecule has 1 atom stereocenters. The van der Waals surface area contributed by atoms with Crippen molar-refractivity contribution in [3.05, 3.63) is 29.3 Å². The molecule has 1 N–H and O–H groups in total. The van der Waals surface area contributed by atoms with Gasteiger partial charge in [-0.3, -0.25) is 0 Å². The van der Waals surface area contributed by atoms with Crippen molar-refractivity contribution in [2.24, 2.45) is 0 Å². The highest BCUT2D eigenvalue weighted by molar-refractivity contribution is 7.89. The number of fused-ring (bicyclic) bond motifs is 1. The fourth-order valence-corrected chi connectivity index (χ4v) is 4.11. The second-order valence-electron chi connectivity index (χ2n) is 5.89. The highest BCUT2D eigenvalue weighted by Gasteiger charge is 2.22. The number of likely N-dealkylation sites (N-methyl/N-ethyl adjacent to an activating group) is 1. The van der Waals surface area contributed by atoms with Crippen LogP contribution in [0.5, 0.6) is 0 Å². The Morgan fingerprint density at radius 3 is 2.95 bits per heavy atom. The summed E-state index contributed by atoms with van der Waals surface area (Å²) in [4.78, 5) is 2.52. The molecular formula is C15H22N2O3S. The van der Waals surface area contributed by atoms with E-state index in [0.717, 1.165) is 32.4 Å². The summed E-state index contributed by atoms with van der Waals surface area (Å²) in [6, 6.07) is 5.47. The first-order valence-electron chi connectivity index (χ1n) is 7.46. The Labute approximate surface area is 126 Å². The second-order valence-corrected chi connectivity index (χ2v) is 7.66. The molecule has 0 aromatic heterocycles. The quantitative estimate of drug-likeness (QED) is 0.893. The number of ether oxygens (including phenoxy) is 1. The van der Waals surface area contributed by atoms with Crippen molar-refractivity contribution < 1.29 is 13.2 Å². The molecule has 2 aliphatic rings. The molecule has 0 saturated carbocycles. The average molecular weight is 310 g/mol. The SMILES string of the molecule is CN1CCOC(CNS(=O)(=O)c2ccc3c(c2)CCC3)C1. The molecule has 21 heavy (non-hydrogen) atoms. The first-order chi connectivity index (χ1) is 10.0. The van der Waals surface area contributed by atoms with E-state index in [9.17, 15) is 8.42 Å². The number of benzene rings is 1. The van der Waals surface area contributed by atoms with E-state index in [1.54, 1.807) is 6.07 Å². The molecule has 0 amide bonds. The Morgan fingerprint density at radius 2 is 2.14 bits per heavy atom. The molecule has 1 fully saturated rings. The fourth-order valence-electron chi connectivity index (χ4n) is 2.99. The monoisotopic (exact) mass is 310 g/mol. The molecule has 1 aromatic rings. The van der Waals surface area contributed by atoms with Gasteiger partial charge in [0.05, 0.1) is 17.6 Å². The zero-order chi connectivity index (χ0) is 14.9. The van der Waals surface area contributed by atoms with Crippen LogP contribution in [0, 0.1) is 0 Å². The van der Waals surface area contributed by atoms with Crippen molar-refractivity contribution in [2.75, 3.05) is 33.3 Å². The van der Waals surface area contributed by atoms with Gasteiger partial charge in [-0.25, -0.2) is 13.1 Å². The van der Waals surface area contributed by atoms with E-state index in [0.29, 0.717) is 18.0 Å². The van der Waals surface area contributed by atoms with Gasteiger partial charge < -0.3 is 9.64 Å². The summed E-state index contributed by atoms with van der Waals surface area (Å²) in [5, 5.41) is 0. The van der Waals surface area contributed by atoms with Gasteiger partial charge in [0.25, 0.3) is 0 Å². The van der Waals surface area contributed by atoms with Gasteiger partial charge in [0.1, 0.15) is 0 Å². The molecule has 1 saturated heterocycles. The summed E-state index contributed by atoms with van der Waals surface area (Å²) in [5.41, 5.74) is 2.46. The lowest BCUT2D eigenvalue weighted by Crippen LogP contribution is -2.45. The molecule has 1 aromatic carbocycles. The fraction of sp³-hybridized carbons (Fsp3) is 0.600. The lowest BCUT2D eigenvalue weighted by Gasteiger charge is -2.30. The largest absolute Gasteiger partial charge is 0.374 e. The Balaban J connectivity index is 1.66. The topological polar surface area (TPSA) is 58.6 Å². The molecular weight excluding hydrogens is 288 g/mol. The minimum absolute atomic E-state index is 0.0760. The summed E-state index contributed by atoms with van der Waals surface area (Å²) < 4.78 is 33.0. The number of nitrogens with zero attached hydrogens (tertiary/aromatic N) is 1. The Kier molecular flexibility index (Phi) is 4.31. The molecule has 1 heterocycles. The Hall–Kier alpha value is -0.950. The molecule has 0 spiro atoms. The van der Waals surface area contributed by atoms with Crippen LogP contribution in [0.4, 0.5) is 0 Å². The van der Waals surface area contributed by atoms with E-state index in [2.05, 4.69) is 9.62 Å². The number of morpholine rings is 1. The predicted molar refractivity (Wildman–Crippen MR) is 80.9 cm³/mol. The zero-order valence-corrected chi connectivity index (χ0v) is 13.2. The summed E-state index contributed by atoms with van der Waals surface area (Å²) in [5.74, 6) is 0. The van der Waals surface area contributed by atoms with Crippen LogP contribution in [0.1, 0.15) is 17.5 Å². The van der Waals surface area contributed by atoms with Crippen molar-refractivity contribution in [1.29, 1.82) is 0 Å². The minimum atomic E-state index is -3.45. The number of aryl methyl sites for hydroxylation is 2. The van der Waals surface area contributed by atoms with Gasteiger partial charge in [0, 0.05) is 19.6 Å². The Bertz CT molecular complexity index is 615. The number of hydrogen-bond acceptors (Lipinski definition) is 4. The van der Waals surface area contributed by atoms with Crippen LogP contribution in [-0.2, 0) is 27.6 Å². The van der Waals surface area contributed by atoms with E-state index in [-0.39, 0.29) is 6.10 Å². The summed E-state index contributed by atoms with van der Waals surface area (Å²) >= 11 is 0. The summed E-state index contributed by atoms with van der Waals surface area (Å²) in [6.07, 6.45) is 3.09. The molecule has 116 valence electrons. The molecule has 0 radical (unpaired) electrons. The third-order valence-corrected chi connectivity index (χ3v) is 5.64. The predicted octanol–water partition coefficient (Wildman–Crippen LogP) is 0.784. The minimum Gasteiger partial charge on any atom is -0.374 e. The maximum absolute atomic E-state index is 12.4. The van der Waals surface area contributed by atoms with Crippen molar-refractivity contribution in [2.45, 2.75) is 30.3 Å². The lowest BCUT2D eigenvalue weighted by atomic mass is 10.1. The zero-order valence-electron chi connectivity index (χ0n) is 12.3. The van der Waals surface area contributed by atoms with Crippen LogP contribution in [0.25, 0.3) is 0 Å². The average Bonchev–Trinajstić information content (AvgIpc) is 2.93. The van der Waals surface area contributed by atoms with Gasteiger partial charge in [-0.05, 0) is 49.6 Å². The highest BCUT2D eigenvalue weighted by atomic mass is 32.2. The van der Waals surface area contributed by atoms with Gasteiger partial charge in [-0.1, -0.05) is 6.07 Å². The number of sulfonamides is 1. The van der Waals surface area contributed by atoms with Crippen LogP contribution in [-0.4, -0.2) is 52.7 Å². The van der Waals surface area contributed by atoms with Crippen molar-refractivity contribution >= 4 is 10.0 Å². The summed E-state index contributed by atoms with van der Waals surface area (Å²) in [7, 11) is -1.43. The maximum atomic E-state index is 12.4. The lowest BCUT2D eigenvalue weighted by molar-refractivity contribution is -0.0156. The number of hydrogen-bond donors (Lipinski definition) is 1. The molecule has 1 aliphatic heterocycles. The number of nitrogens with one attached hydrogen (secondary N) is 1. The number of rotatable bonds is 4. The van der Waals surface area contributed by atoms with Gasteiger partial charge in [-0.15, -0.1) is 0 Å². The first-order valence-corrected chi connectivity index (χ1v) is 8.94. The Morgan fingerprint density at radius 1 is 1.33 bits per heavy atom. The van der Waals surface area contributed by atoms with Gasteiger partial charge in [0.15, 0.2) is 0 Å². The van der Waals surface area contributed by atoms with Gasteiger partial charge in [0.2, 0.25) is 10.0 Å². The van der Waals surface area contributed by atoms with Crippen LogP contribution in [0.3, 0.4) is 0 Å². The molecule has 5 nitrogen and oxygen atoms in total. The van der Waals surface area contributed by atoms with Crippen LogP contribution in [0.15, 0.2) is 23.1 Å². The molecule has 1 unspecified atom stereocenters. The summed E-state index contributed by atoms with van der Waals surface area (Å²) in [6.45, 7) is 2.63. The van der Waals surface area contributed by atoms with Crippen molar-refractivity contribution in [1.82, 2.24) is 9.62 Å². The van der Waals surface area contributed by atoms with Gasteiger partial charge >= 0.3 is 0 Å². The van der Waals surface area contributed by atoms with Gasteiger partial charge in [-0.2, -0.15) is 0 Å². The van der Waals surface area contributed by atoms with E-state index in [1.807, 2.05) is 19.2 Å². The van der Waals surface area contributed by atoms with E-state index in [4.69, 9.17) is 4.74 Å². The molecule has 1 aliphatic carbocycles. The van der Waals surface area contributed by atoms with E-state index < -0.39 is 10.0 Å². The molecule has 0 bridgehead atoms. The second kappa shape index (κ2) is 6.04. The molecule has 3 rings (SSSR count). The first kappa shape index (κ1) is 15.0. The van der Waals surface area contributed by atoms with E-state index >= 15 is 0 Å². The maximum Gasteiger partial charge on any atom is 0.240 e. The molecule has 6 heteroatoms. The standard InChI is InChI=1S/C15H22N2O3S/c1-17-7-8-20-14(11-17)10-16-21(18,19)15-6-5-12-3-2-4-13(12)9-15/h5-6,9,14,16H,2-4,7-8,10-11H2,1H3. The van der Waals surface area contributed by atoms with Crippen LogP contribution in [0.2, 0.25) is 0 Å². The van der Waals surface area contributed by atoms with Crippen molar-refractivity contribution in [3.63, 3.8) is 0 Å². The van der Waals surface area contributed by atoms with Crippen molar-refractivity contribution in [3.8, 4) is 0 Å². The van der Waals surface area contributed by atoms with E-state index in [1.165, 1.54) is 11.1 Å². The van der Waals surface area contributed by atoms with Crippen LogP contribution < -0.4 is 4.72 Å². The smallest absolute Gasteiger partial charge is 0.240 e. The highest BCUT2D eigenvalue weighted by Crippen LogP contribution is 2.24.